The van der Waals surface area contributed by atoms with Gasteiger partial charge in [-0.3, -0.25) is 4.79 Å². The van der Waals surface area contributed by atoms with Crippen molar-refractivity contribution in [2.45, 2.75) is 0 Å². The second kappa shape index (κ2) is 5.44. The molecule has 4 rings (SSSR count). The Labute approximate surface area is 135 Å². The van der Waals surface area contributed by atoms with Crippen LogP contribution in [0.3, 0.4) is 0 Å². The number of carbonyl (C=O) groups excluding carboxylic acids is 1. The largest absolute Gasteiger partial charge is 0.339 e. The Morgan fingerprint density at radius 1 is 1.04 bits per heavy atom. The highest BCUT2D eigenvalue weighted by molar-refractivity contribution is 7.12. The molecule has 0 unspecified atom stereocenters. The van der Waals surface area contributed by atoms with E-state index < -0.39 is 0 Å². The number of aromatic nitrogens is 2. The van der Waals surface area contributed by atoms with Crippen LogP contribution in [0, 0.1) is 5.82 Å². The molecule has 112 valence electrons. The van der Waals surface area contributed by atoms with Gasteiger partial charge < -0.3 is 4.98 Å². The molecule has 3 heterocycles. The number of benzene rings is 1. The van der Waals surface area contributed by atoms with Gasteiger partial charge in [-0.15, -0.1) is 11.3 Å². The van der Waals surface area contributed by atoms with Crippen LogP contribution in [0.2, 0.25) is 0 Å². The van der Waals surface area contributed by atoms with Gasteiger partial charge >= 0.3 is 0 Å². The molecule has 1 N–H and O–H groups in total. The number of hydrogen-bond acceptors (Lipinski definition) is 3. The second-order valence-corrected chi connectivity index (χ2v) is 6.15. The first-order chi connectivity index (χ1) is 11.2. The Kier molecular flexibility index (Phi) is 3.28. The van der Waals surface area contributed by atoms with Crippen molar-refractivity contribution >= 4 is 28.7 Å². The van der Waals surface area contributed by atoms with E-state index in [9.17, 15) is 9.18 Å². The van der Waals surface area contributed by atoms with Crippen molar-refractivity contribution in [2.75, 3.05) is 0 Å². The number of thiophene rings is 1. The summed E-state index contributed by atoms with van der Waals surface area (Å²) in [4.78, 5) is 19.2. The molecule has 23 heavy (non-hydrogen) atoms. The van der Waals surface area contributed by atoms with Crippen molar-refractivity contribution in [1.29, 1.82) is 0 Å². The zero-order chi connectivity index (χ0) is 15.8. The van der Waals surface area contributed by atoms with Gasteiger partial charge in [-0.2, -0.15) is 0 Å². The van der Waals surface area contributed by atoms with E-state index in [-0.39, 0.29) is 5.82 Å². The Bertz CT molecular complexity index is 1000. The molecular formula is C18H11FN2OS. The molecule has 0 saturated heterocycles. The average molecular weight is 322 g/mol. The van der Waals surface area contributed by atoms with Gasteiger partial charge in [-0.05, 0) is 59.0 Å². The summed E-state index contributed by atoms with van der Waals surface area (Å²) in [5.41, 5.74) is 4.52. The molecule has 0 atom stereocenters. The molecule has 0 amide bonds. The van der Waals surface area contributed by atoms with Crippen molar-refractivity contribution in [1.82, 2.24) is 9.97 Å². The number of fused-ring (bicyclic) bond motifs is 1. The fraction of sp³-hybridized carbons (Fsp3) is 0. The maximum Gasteiger partial charge on any atom is 0.160 e. The van der Waals surface area contributed by atoms with Crippen LogP contribution in [0.4, 0.5) is 4.39 Å². The van der Waals surface area contributed by atoms with E-state index in [2.05, 4.69) is 9.97 Å². The molecule has 0 fully saturated rings. The average Bonchev–Trinajstić information content (AvgIpc) is 3.21. The van der Waals surface area contributed by atoms with Crippen LogP contribution in [0.5, 0.6) is 0 Å². The topological polar surface area (TPSA) is 45.8 Å². The lowest BCUT2D eigenvalue weighted by Gasteiger charge is -1.96. The first-order valence-electron chi connectivity index (χ1n) is 7.02. The lowest BCUT2D eigenvalue weighted by Crippen LogP contribution is -1.80. The normalized spacial score (nSPS) is 11.0. The van der Waals surface area contributed by atoms with Crippen LogP contribution >= 0.6 is 11.3 Å². The standard InChI is InChI=1S/C18H11FN2OS/c19-15-3-1-11(2-4-15)17-7-12-5-13(8-20-18(12)21-17)14-6-16(9-22)23-10-14/h1-10H,(H,20,21). The van der Waals surface area contributed by atoms with Crippen LogP contribution in [0.25, 0.3) is 33.4 Å². The zero-order valence-corrected chi connectivity index (χ0v) is 12.7. The van der Waals surface area contributed by atoms with Gasteiger partial charge in [0.1, 0.15) is 11.5 Å². The van der Waals surface area contributed by atoms with Crippen molar-refractivity contribution in [3.63, 3.8) is 0 Å². The Balaban J connectivity index is 1.77. The summed E-state index contributed by atoms with van der Waals surface area (Å²) in [5, 5.41) is 2.92. The third kappa shape index (κ3) is 2.55. The van der Waals surface area contributed by atoms with Crippen molar-refractivity contribution in [3.8, 4) is 22.4 Å². The van der Waals surface area contributed by atoms with Crippen LogP contribution < -0.4 is 0 Å². The SMILES string of the molecule is O=Cc1cc(-c2cnc3[nH]c(-c4ccc(F)cc4)cc3c2)cs1. The molecule has 0 spiro atoms. The van der Waals surface area contributed by atoms with Crippen LogP contribution in [-0.4, -0.2) is 16.3 Å². The Hall–Kier alpha value is -2.79. The highest BCUT2D eigenvalue weighted by Crippen LogP contribution is 2.29. The fourth-order valence-corrected chi connectivity index (χ4v) is 3.24. The number of aromatic amines is 1. The molecule has 3 nitrogen and oxygen atoms in total. The number of H-pyrrole nitrogens is 1. The van der Waals surface area contributed by atoms with Crippen LogP contribution in [-0.2, 0) is 0 Å². The number of aldehydes is 1. The third-order valence-electron chi connectivity index (χ3n) is 3.69. The first kappa shape index (κ1) is 13.8. The predicted octanol–water partition coefficient (Wildman–Crippen LogP) is 4.91. The second-order valence-electron chi connectivity index (χ2n) is 5.21. The van der Waals surface area contributed by atoms with E-state index in [1.54, 1.807) is 18.3 Å². The van der Waals surface area contributed by atoms with Crippen LogP contribution in [0.1, 0.15) is 9.67 Å². The van der Waals surface area contributed by atoms with Gasteiger partial charge in [0, 0.05) is 22.8 Å². The zero-order valence-electron chi connectivity index (χ0n) is 11.9. The van der Waals surface area contributed by atoms with E-state index in [4.69, 9.17) is 0 Å². The number of carbonyl (C=O) groups is 1. The molecular weight excluding hydrogens is 311 g/mol. The maximum absolute atomic E-state index is 13.0. The molecule has 3 aromatic heterocycles. The summed E-state index contributed by atoms with van der Waals surface area (Å²) in [6.07, 6.45) is 2.63. The van der Waals surface area contributed by atoms with Gasteiger partial charge in [-0.25, -0.2) is 9.37 Å². The third-order valence-corrected chi connectivity index (χ3v) is 4.55. The minimum Gasteiger partial charge on any atom is -0.339 e. The highest BCUT2D eigenvalue weighted by atomic mass is 32.1. The minimum atomic E-state index is -0.256. The summed E-state index contributed by atoms with van der Waals surface area (Å²) in [6, 6.07) is 12.2. The Morgan fingerprint density at radius 2 is 1.87 bits per heavy atom. The summed E-state index contributed by atoms with van der Waals surface area (Å²) in [5.74, 6) is -0.256. The lowest BCUT2D eigenvalue weighted by molar-refractivity contribution is 0.112. The molecule has 0 aliphatic rings. The van der Waals surface area contributed by atoms with Gasteiger partial charge in [0.05, 0.1) is 4.88 Å². The molecule has 0 bridgehead atoms. The summed E-state index contributed by atoms with van der Waals surface area (Å²) in [7, 11) is 0. The van der Waals surface area contributed by atoms with E-state index in [1.165, 1.54) is 23.5 Å². The monoisotopic (exact) mass is 322 g/mol. The minimum absolute atomic E-state index is 0.256. The van der Waals surface area contributed by atoms with Crippen molar-refractivity contribution < 1.29 is 9.18 Å². The molecule has 4 aromatic rings. The van der Waals surface area contributed by atoms with Crippen molar-refractivity contribution in [2.24, 2.45) is 0 Å². The Morgan fingerprint density at radius 3 is 2.61 bits per heavy atom. The first-order valence-corrected chi connectivity index (χ1v) is 7.90. The molecule has 5 heteroatoms. The molecule has 0 aliphatic carbocycles. The van der Waals surface area contributed by atoms with E-state index in [0.29, 0.717) is 4.88 Å². The maximum atomic E-state index is 13.0. The number of nitrogens with zero attached hydrogens (tertiary/aromatic N) is 1. The highest BCUT2D eigenvalue weighted by Gasteiger charge is 2.08. The summed E-state index contributed by atoms with van der Waals surface area (Å²) >= 11 is 1.41. The summed E-state index contributed by atoms with van der Waals surface area (Å²) in [6.45, 7) is 0. The number of nitrogens with one attached hydrogen (secondary N) is 1. The fourth-order valence-electron chi connectivity index (χ4n) is 2.52. The quantitative estimate of drug-likeness (QED) is 0.545. The van der Waals surface area contributed by atoms with E-state index in [1.807, 2.05) is 23.6 Å². The predicted molar refractivity (Wildman–Crippen MR) is 90.2 cm³/mol. The van der Waals surface area contributed by atoms with E-state index in [0.717, 1.165) is 39.7 Å². The van der Waals surface area contributed by atoms with Crippen molar-refractivity contribution in [3.05, 3.63) is 64.7 Å². The number of pyridine rings is 1. The molecule has 0 saturated carbocycles. The van der Waals surface area contributed by atoms with Gasteiger partial charge in [0.15, 0.2) is 6.29 Å². The molecule has 0 radical (unpaired) electrons. The van der Waals surface area contributed by atoms with Gasteiger partial charge in [0.25, 0.3) is 0 Å². The van der Waals surface area contributed by atoms with Crippen LogP contribution in [0.15, 0.2) is 54.0 Å². The number of hydrogen-bond donors (Lipinski definition) is 1. The number of rotatable bonds is 3. The summed E-state index contributed by atoms with van der Waals surface area (Å²) < 4.78 is 13.0. The molecule has 1 aromatic carbocycles. The van der Waals surface area contributed by atoms with E-state index >= 15 is 0 Å². The number of halogens is 1. The smallest absolute Gasteiger partial charge is 0.160 e. The van der Waals surface area contributed by atoms with Gasteiger partial charge in [0.2, 0.25) is 0 Å². The molecule has 0 aliphatic heterocycles. The van der Waals surface area contributed by atoms with Gasteiger partial charge in [-0.1, -0.05) is 0 Å². The lowest BCUT2D eigenvalue weighted by atomic mass is 10.1.